The van der Waals surface area contributed by atoms with Crippen molar-refractivity contribution in [3.8, 4) is 0 Å². The number of benzene rings is 2. The summed E-state index contributed by atoms with van der Waals surface area (Å²) in [5.74, 6) is -2.26. The Balaban J connectivity index is 1.27. The minimum Gasteiger partial charge on any atom is -0.388 e. The average Bonchev–Trinajstić information content (AvgIpc) is 3.49. The largest absolute Gasteiger partial charge is 0.388 e. The van der Waals surface area contributed by atoms with Gasteiger partial charge >= 0.3 is 0 Å². The maximum atomic E-state index is 14.0. The van der Waals surface area contributed by atoms with Gasteiger partial charge in [0, 0.05) is 51.9 Å². The summed E-state index contributed by atoms with van der Waals surface area (Å²) >= 11 is 0. The van der Waals surface area contributed by atoms with E-state index < -0.39 is 42.1 Å². The van der Waals surface area contributed by atoms with Gasteiger partial charge in [0.1, 0.15) is 12.2 Å². The van der Waals surface area contributed by atoms with Gasteiger partial charge in [-0.1, -0.05) is 36.4 Å². The van der Waals surface area contributed by atoms with Crippen molar-refractivity contribution in [1.29, 1.82) is 0 Å². The highest BCUT2D eigenvalue weighted by Crippen LogP contribution is 2.28. The predicted octanol–water partition coefficient (Wildman–Crippen LogP) is 0.646. The highest BCUT2D eigenvalue weighted by atomic mass is 19.2. The third kappa shape index (κ3) is 6.89. The second kappa shape index (κ2) is 12.9. The quantitative estimate of drug-likeness (QED) is 0.469. The van der Waals surface area contributed by atoms with Gasteiger partial charge in [-0.3, -0.25) is 19.4 Å². The number of hydrogen-bond acceptors (Lipinski definition) is 8. The summed E-state index contributed by atoms with van der Waals surface area (Å²) in [5.41, 5.74) is 1.57. The SMILES string of the molecule is O=C1C[C@@H]2O[C@H](CN(Cc3ccc(F)c(F)c3)C[C@@H]3CN(CCO3)C(=O)[C@@H]3C[C@@H](CN3Cc3ccccc3)N1)[C@@H](O)[C@H]2O. The van der Waals surface area contributed by atoms with Crippen molar-refractivity contribution in [2.24, 2.45) is 0 Å². The molecule has 232 valence electrons. The van der Waals surface area contributed by atoms with E-state index in [0.717, 1.165) is 17.7 Å². The van der Waals surface area contributed by atoms with Crippen molar-refractivity contribution in [3.05, 3.63) is 71.3 Å². The third-order valence-corrected chi connectivity index (χ3v) is 8.87. The predicted molar refractivity (Wildman–Crippen MR) is 150 cm³/mol. The Labute approximate surface area is 249 Å². The van der Waals surface area contributed by atoms with Gasteiger partial charge in [0.2, 0.25) is 11.8 Å². The molecule has 4 heterocycles. The third-order valence-electron chi connectivity index (χ3n) is 8.87. The molecule has 2 aromatic carbocycles. The number of hydrogen-bond donors (Lipinski definition) is 3. The Hall–Kier alpha value is -3.00. The van der Waals surface area contributed by atoms with Crippen LogP contribution in [0.4, 0.5) is 8.78 Å². The van der Waals surface area contributed by atoms with Crippen LogP contribution in [0.25, 0.3) is 0 Å². The fourth-order valence-corrected chi connectivity index (χ4v) is 6.76. The summed E-state index contributed by atoms with van der Waals surface area (Å²) in [5, 5.41) is 24.6. The second-order valence-electron chi connectivity index (χ2n) is 12.0. The van der Waals surface area contributed by atoms with Crippen molar-refractivity contribution in [2.75, 3.05) is 39.3 Å². The second-order valence-corrected chi connectivity index (χ2v) is 12.0. The summed E-state index contributed by atoms with van der Waals surface area (Å²) in [6.07, 6.45) is -4.35. The number of ether oxygens (including phenoxy) is 2. The van der Waals surface area contributed by atoms with Crippen LogP contribution in [0.3, 0.4) is 0 Å². The van der Waals surface area contributed by atoms with Crippen molar-refractivity contribution in [1.82, 2.24) is 20.0 Å². The van der Waals surface area contributed by atoms with Gasteiger partial charge < -0.3 is 29.9 Å². The Morgan fingerprint density at radius 1 is 0.884 bits per heavy atom. The molecule has 7 atom stereocenters. The van der Waals surface area contributed by atoms with E-state index in [1.807, 2.05) is 40.1 Å². The van der Waals surface area contributed by atoms with E-state index in [-0.39, 0.29) is 43.5 Å². The summed E-state index contributed by atoms with van der Waals surface area (Å²) < 4.78 is 39.7. The topological polar surface area (TPSA) is 115 Å². The first kappa shape index (κ1) is 30.0. The van der Waals surface area contributed by atoms with Crippen molar-refractivity contribution >= 4 is 11.8 Å². The molecule has 0 aliphatic carbocycles. The zero-order chi connectivity index (χ0) is 30.1. The van der Waals surface area contributed by atoms with E-state index in [2.05, 4.69) is 10.2 Å². The molecule has 0 radical (unpaired) electrons. The highest BCUT2D eigenvalue weighted by Gasteiger charge is 2.46. The van der Waals surface area contributed by atoms with Crippen LogP contribution in [-0.4, -0.2) is 119 Å². The number of halogens is 2. The Bertz CT molecular complexity index is 1300. The Morgan fingerprint density at radius 2 is 1.67 bits per heavy atom. The molecule has 0 spiro atoms. The number of likely N-dealkylation sites (tertiary alicyclic amines) is 1. The molecule has 4 aliphatic heterocycles. The summed E-state index contributed by atoms with van der Waals surface area (Å²) in [6, 6.07) is 12.8. The van der Waals surface area contributed by atoms with Crippen LogP contribution in [0.1, 0.15) is 24.0 Å². The van der Waals surface area contributed by atoms with Crippen LogP contribution in [0.15, 0.2) is 48.5 Å². The number of rotatable bonds is 4. The molecular weight excluding hydrogens is 562 g/mol. The first-order chi connectivity index (χ1) is 20.7. The van der Waals surface area contributed by atoms with Crippen molar-refractivity contribution in [2.45, 2.75) is 68.5 Å². The molecule has 4 aliphatic rings. The molecule has 3 N–H and O–H groups in total. The number of fused-ring (bicyclic) bond motifs is 6. The van der Waals surface area contributed by atoms with Crippen LogP contribution in [0.5, 0.6) is 0 Å². The van der Waals surface area contributed by atoms with Crippen molar-refractivity contribution in [3.63, 3.8) is 0 Å². The van der Waals surface area contributed by atoms with E-state index in [1.54, 1.807) is 0 Å². The summed E-state index contributed by atoms with van der Waals surface area (Å²) in [4.78, 5) is 32.9. The molecule has 6 rings (SSSR count). The lowest BCUT2D eigenvalue weighted by molar-refractivity contribution is -0.145. The van der Waals surface area contributed by atoms with Crippen LogP contribution in [0, 0.1) is 11.6 Å². The van der Waals surface area contributed by atoms with Crippen LogP contribution < -0.4 is 5.32 Å². The number of aliphatic hydroxyl groups is 2. The number of amides is 2. The monoisotopic (exact) mass is 600 g/mol. The maximum Gasteiger partial charge on any atom is 0.240 e. The van der Waals surface area contributed by atoms with E-state index in [0.29, 0.717) is 51.3 Å². The summed E-state index contributed by atoms with van der Waals surface area (Å²) in [6.45, 7) is 2.79. The molecule has 2 aromatic rings. The molecule has 43 heavy (non-hydrogen) atoms. The molecule has 0 unspecified atom stereocenters. The van der Waals surface area contributed by atoms with Gasteiger partial charge in [0.25, 0.3) is 0 Å². The smallest absolute Gasteiger partial charge is 0.240 e. The fourth-order valence-electron chi connectivity index (χ4n) is 6.76. The zero-order valence-corrected chi connectivity index (χ0v) is 23.9. The first-order valence-electron chi connectivity index (χ1n) is 14.9. The van der Waals surface area contributed by atoms with Gasteiger partial charge in [-0.05, 0) is 29.7 Å². The lowest BCUT2D eigenvalue weighted by atomic mass is 10.0. The molecular formula is C31H38F2N4O6. The number of carbonyl (C=O) groups is 2. The fraction of sp³-hybridized carbons (Fsp3) is 0.548. The van der Waals surface area contributed by atoms with Gasteiger partial charge in [-0.15, -0.1) is 0 Å². The van der Waals surface area contributed by atoms with Crippen LogP contribution in [0.2, 0.25) is 0 Å². The number of nitrogens with one attached hydrogen (secondary N) is 1. The lowest BCUT2D eigenvalue weighted by Crippen LogP contribution is -2.54. The molecule has 4 saturated heterocycles. The van der Waals surface area contributed by atoms with E-state index in [9.17, 15) is 28.6 Å². The van der Waals surface area contributed by atoms with Crippen LogP contribution in [-0.2, 0) is 32.2 Å². The number of carbonyl (C=O) groups excluding carboxylic acids is 2. The number of nitrogens with zero attached hydrogens (tertiary/aromatic N) is 3. The van der Waals surface area contributed by atoms with Gasteiger partial charge in [0.05, 0.1) is 37.4 Å². The van der Waals surface area contributed by atoms with E-state index >= 15 is 0 Å². The molecule has 0 aromatic heterocycles. The number of morpholine rings is 1. The number of aliphatic hydroxyl groups excluding tert-OH is 2. The zero-order valence-electron chi connectivity index (χ0n) is 23.9. The molecule has 4 fully saturated rings. The van der Waals surface area contributed by atoms with Gasteiger partial charge in [-0.25, -0.2) is 8.78 Å². The van der Waals surface area contributed by atoms with Gasteiger partial charge in [-0.2, -0.15) is 0 Å². The van der Waals surface area contributed by atoms with E-state index in [1.165, 1.54) is 6.07 Å². The molecule has 6 bridgehead atoms. The summed E-state index contributed by atoms with van der Waals surface area (Å²) in [7, 11) is 0. The van der Waals surface area contributed by atoms with Crippen molar-refractivity contribution < 1.29 is 38.1 Å². The maximum absolute atomic E-state index is 14.0. The highest BCUT2D eigenvalue weighted by molar-refractivity contribution is 5.83. The molecule has 12 heteroatoms. The van der Waals surface area contributed by atoms with E-state index in [4.69, 9.17) is 9.47 Å². The molecule has 2 amide bonds. The molecule has 10 nitrogen and oxygen atoms in total. The lowest BCUT2D eigenvalue weighted by Gasteiger charge is -2.38. The van der Waals surface area contributed by atoms with Gasteiger partial charge in [0.15, 0.2) is 11.6 Å². The Morgan fingerprint density at radius 3 is 2.47 bits per heavy atom. The Kier molecular flexibility index (Phi) is 9.03. The standard InChI is InChI=1S/C31H38F2N4O6/c32-23-7-6-20(10-24(23)33)13-35-16-22-17-36(8-9-42-22)31(41)25-11-21(15-37(25)14-19-4-2-1-3-5-19)34-28(38)12-26-29(39)30(40)27(18-35)43-26/h1-7,10,21-22,25-27,29-30,39-40H,8-9,11-18H2,(H,34,38)/t21-,22+,25-,26-,27+,29-,30+/m0/s1. The minimum atomic E-state index is -1.27. The molecule has 0 saturated carbocycles. The normalized spacial score (nSPS) is 32.7. The van der Waals surface area contributed by atoms with Crippen LogP contribution >= 0.6 is 0 Å². The first-order valence-corrected chi connectivity index (χ1v) is 14.9. The average molecular weight is 601 g/mol. The minimum absolute atomic E-state index is 0.0190.